The van der Waals surface area contributed by atoms with Crippen molar-refractivity contribution in [2.75, 3.05) is 20.8 Å². The van der Waals surface area contributed by atoms with Gasteiger partial charge in [0, 0.05) is 20.4 Å². The number of aryl methyl sites for hydroxylation is 1. The topological polar surface area (TPSA) is 110 Å². The first kappa shape index (κ1) is 27.6. The molecule has 200 valence electrons. The molecule has 0 saturated carbocycles. The SMILES string of the molecule is COC(CN(C(=O)Cc1ccc(F)c(C)c1)[C@H](C)c1nc2ncccc2c(=O)n1-c1ccc(C#N)cc1)OC. The molecule has 2 aromatic carbocycles. The minimum atomic E-state index is -0.750. The maximum absolute atomic E-state index is 13.8. The fourth-order valence-corrected chi connectivity index (χ4v) is 4.36. The number of fused-ring (bicyclic) bond motifs is 1. The molecular weight excluding hydrogens is 501 g/mol. The molecular formula is C29H28FN5O4. The Kier molecular flexibility index (Phi) is 8.44. The maximum atomic E-state index is 13.8. The molecule has 0 spiro atoms. The van der Waals surface area contributed by atoms with Gasteiger partial charge in [0.2, 0.25) is 5.91 Å². The molecule has 0 N–H and O–H groups in total. The molecule has 2 aromatic heterocycles. The Morgan fingerprint density at radius 3 is 2.51 bits per heavy atom. The maximum Gasteiger partial charge on any atom is 0.267 e. The molecule has 0 aliphatic rings. The van der Waals surface area contributed by atoms with Crippen molar-refractivity contribution in [1.29, 1.82) is 5.26 Å². The molecule has 0 unspecified atom stereocenters. The summed E-state index contributed by atoms with van der Waals surface area (Å²) in [5.41, 5.74) is 1.87. The van der Waals surface area contributed by atoms with E-state index in [9.17, 15) is 19.2 Å². The zero-order valence-electron chi connectivity index (χ0n) is 22.1. The molecule has 39 heavy (non-hydrogen) atoms. The van der Waals surface area contributed by atoms with E-state index in [2.05, 4.69) is 11.1 Å². The zero-order chi connectivity index (χ0) is 28.1. The van der Waals surface area contributed by atoms with Crippen molar-refractivity contribution in [2.24, 2.45) is 0 Å². The standard InChI is InChI=1S/C29H28FN5O4/c1-18-14-21(9-12-24(18)30)15-25(36)34(17-26(38-3)39-4)19(2)28-33-27-23(6-5-13-32-27)29(37)35(28)22-10-7-20(16-31)8-11-22/h5-14,19,26H,15,17H2,1-4H3/t19-/m1/s1. The summed E-state index contributed by atoms with van der Waals surface area (Å²) in [6.07, 6.45) is 0.777. The molecule has 1 atom stereocenters. The number of benzene rings is 2. The molecule has 0 bridgehead atoms. The third-order valence-electron chi connectivity index (χ3n) is 6.54. The summed E-state index contributed by atoms with van der Waals surface area (Å²) in [6.45, 7) is 3.43. The molecule has 2 heterocycles. The number of hydrogen-bond donors (Lipinski definition) is 0. The van der Waals surface area contributed by atoms with Crippen LogP contribution in [-0.2, 0) is 20.7 Å². The highest BCUT2D eigenvalue weighted by molar-refractivity contribution is 5.79. The minimum absolute atomic E-state index is 0.0153. The fraction of sp³-hybridized carbons (Fsp3) is 0.276. The van der Waals surface area contributed by atoms with Crippen molar-refractivity contribution in [1.82, 2.24) is 19.4 Å². The van der Waals surface area contributed by atoms with Crippen molar-refractivity contribution in [3.05, 3.63) is 99.5 Å². The first-order valence-corrected chi connectivity index (χ1v) is 12.3. The van der Waals surface area contributed by atoms with Crippen LogP contribution in [-0.4, -0.2) is 52.4 Å². The van der Waals surface area contributed by atoms with E-state index in [0.717, 1.165) is 0 Å². The van der Waals surface area contributed by atoms with Gasteiger partial charge >= 0.3 is 0 Å². The molecule has 0 radical (unpaired) electrons. The number of pyridine rings is 1. The smallest absolute Gasteiger partial charge is 0.267 e. The lowest BCUT2D eigenvalue weighted by molar-refractivity contribution is -0.148. The number of nitrogens with zero attached hydrogens (tertiary/aromatic N) is 5. The Hall–Kier alpha value is -4.46. The number of hydrogen-bond acceptors (Lipinski definition) is 7. The van der Waals surface area contributed by atoms with E-state index in [1.165, 1.54) is 29.8 Å². The van der Waals surface area contributed by atoms with Crippen LogP contribution in [0, 0.1) is 24.1 Å². The second-order valence-corrected chi connectivity index (χ2v) is 9.03. The average molecular weight is 530 g/mol. The van der Waals surface area contributed by atoms with Crippen LogP contribution in [0.5, 0.6) is 0 Å². The van der Waals surface area contributed by atoms with E-state index in [4.69, 9.17) is 14.5 Å². The number of nitriles is 1. The lowest BCUT2D eigenvalue weighted by Crippen LogP contribution is -2.43. The van der Waals surface area contributed by atoms with Gasteiger partial charge in [0.1, 0.15) is 11.6 Å². The van der Waals surface area contributed by atoms with Crippen molar-refractivity contribution in [2.45, 2.75) is 32.6 Å². The van der Waals surface area contributed by atoms with Gasteiger partial charge in [-0.2, -0.15) is 5.26 Å². The predicted molar refractivity (Wildman–Crippen MR) is 143 cm³/mol. The highest BCUT2D eigenvalue weighted by Gasteiger charge is 2.29. The number of methoxy groups -OCH3 is 2. The van der Waals surface area contributed by atoms with Crippen LogP contribution in [0.15, 0.2) is 65.6 Å². The highest BCUT2D eigenvalue weighted by Crippen LogP contribution is 2.24. The van der Waals surface area contributed by atoms with Gasteiger partial charge in [0.15, 0.2) is 11.9 Å². The normalized spacial score (nSPS) is 11.9. The summed E-state index contributed by atoms with van der Waals surface area (Å²) >= 11 is 0. The third-order valence-corrected chi connectivity index (χ3v) is 6.54. The van der Waals surface area contributed by atoms with Crippen LogP contribution >= 0.6 is 0 Å². The molecule has 0 saturated heterocycles. The minimum Gasteiger partial charge on any atom is -0.354 e. The van der Waals surface area contributed by atoms with E-state index < -0.39 is 12.3 Å². The van der Waals surface area contributed by atoms with Crippen LogP contribution in [0.2, 0.25) is 0 Å². The summed E-state index contributed by atoms with van der Waals surface area (Å²) in [6, 6.07) is 15.7. The number of carbonyl (C=O) groups is 1. The van der Waals surface area contributed by atoms with Gasteiger partial charge in [0.05, 0.1) is 41.7 Å². The number of aromatic nitrogens is 3. The Bertz CT molecular complexity index is 1590. The van der Waals surface area contributed by atoms with Gasteiger partial charge in [-0.15, -0.1) is 0 Å². The number of amides is 1. The molecule has 4 rings (SSSR count). The first-order chi connectivity index (χ1) is 18.8. The van der Waals surface area contributed by atoms with E-state index in [1.807, 2.05) is 0 Å². The summed E-state index contributed by atoms with van der Waals surface area (Å²) < 4.78 is 26.0. The lowest BCUT2D eigenvalue weighted by Gasteiger charge is -2.32. The molecule has 4 aromatic rings. The van der Waals surface area contributed by atoms with Gasteiger partial charge in [-0.25, -0.2) is 14.4 Å². The second-order valence-electron chi connectivity index (χ2n) is 9.03. The molecule has 0 aliphatic heterocycles. The molecule has 0 aliphatic carbocycles. The number of ether oxygens (including phenoxy) is 2. The largest absolute Gasteiger partial charge is 0.354 e. The van der Waals surface area contributed by atoms with E-state index in [1.54, 1.807) is 68.6 Å². The summed E-state index contributed by atoms with van der Waals surface area (Å²) in [5, 5.41) is 9.54. The van der Waals surface area contributed by atoms with Gasteiger partial charge < -0.3 is 14.4 Å². The quantitative estimate of drug-likeness (QED) is 0.303. The van der Waals surface area contributed by atoms with Gasteiger partial charge in [-0.3, -0.25) is 14.2 Å². The fourth-order valence-electron chi connectivity index (χ4n) is 4.36. The third kappa shape index (κ3) is 5.85. The van der Waals surface area contributed by atoms with Gasteiger partial charge in [-0.05, 0) is 67.4 Å². The Balaban J connectivity index is 1.85. The Morgan fingerprint density at radius 2 is 1.87 bits per heavy atom. The highest BCUT2D eigenvalue weighted by atomic mass is 19.1. The van der Waals surface area contributed by atoms with Gasteiger partial charge in [-0.1, -0.05) is 12.1 Å². The van der Waals surface area contributed by atoms with Crippen LogP contribution in [0.1, 0.15) is 35.5 Å². The van der Waals surface area contributed by atoms with Crippen molar-refractivity contribution in [3.63, 3.8) is 0 Å². The van der Waals surface area contributed by atoms with E-state index >= 15 is 0 Å². The number of carbonyl (C=O) groups excluding carboxylic acids is 1. The van der Waals surface area contributed by atoms with Crippen LogP contribution in [0.4, 0.5) is 4.39 Å². The summed E-state index contributed by atoms with van der Waals surface area (Å²) in [7, 11) is 2.94. The Labute approximate surface area is 225 Å². The van der Waals surface area contributed by atoms with Crippen LogP contribution in [0.25, 0.3) is 16.7 Å². The number of rotatable bonds is 9. The Morgan fingerprint density at radius 1 is 1.15 bits per heavy atom. The zero-order valence-corrected chi connectivity index (χ0v) is 22.1. The molecule has 1 amide bonds. The monoisotopic (exact) mass is 529 g/mol. The molecule has 9 nitrogen and oxygen atoms in total. The van der Waals surface area contributed by atoms with Gasteiger partial charge in [0.25, 0.3) is 5.56 Å². The van der Waals surface area contributed by atoms with E-state index in [0.29, 0.717) is 27.8 Å². The van der Waals surface area contributed by atoms with Crippen molar-refractivity contribution >= 4 is 16.9 Å². The van der Waals surface area contributed by atoms with Crippen LogP contribution < -0.4 is 5.56 Å². The van der Waals surface area contributed by atoms with Crippen LogP contribution in [0.3, 0.4) is 0 Å². The first-order valence-electron chi connectivity index (χ1n) is 12.3. The van der Waals surface area contributed by atoms with Crippen molar-refractivity contribution in [3.8, 4) is 11.8 Å². The van der Waals surface area contributed by atoms with Crippen molar-refractivity contribution < 1.29 is 18.7 Å². The second kappa shape index (κ2) is 11.9. The molecule has 0 fully saturated rings. The number of halogens is 1. The lowest BCUT2D eigenvalue weighted by atomic mass is 10.1. The summed E-state index contributed by atoms with van der Waals surface area (Å²) in [4.78, 5) is 38.0. The summed E-state index contributed by atoms with van der Waals surface area (Å²) in [5.74, 6) is -0.380. The van der Waals surface area contributed by atoms with E-state index in [-0.39, 0.29) is 41.7 Å². The molecule has 10 heteroatoms. The average Bonchev–Trinajstić information content (AvgIpc) is 2.95. The predicted octanol–water partition coefficient (Wildman–Crippen LogP) is 3.85.